The fraction of sp³-hybridized carbons (Fsp3) is 0.607. The minimum absolute atomic E-state index is 0.00220. The Balaban J connectivity index is 1.40. The number of ether oxygens (including phenoxy) is 3. The minimum atomic E-state index is -1.39. The number of carbonyl (C=O) groups is 2. The Morgan fingerprint density at radius 1 is 1.33 bits per heavy atom. The molecule has 8 heteroatoms. The zero-order valence-corrected chi connectivity index (χ0v) is 20.8. The molecule has 1 aliphatic heterocycles. The van der Waals surface area contributed by atoms with Gasteiger partial charge < -0.3 is 24.4 Å². The van der Waals surface area contributed by atoms with Crippen molar-refractivity contribution >= 4 is 11.6 Å². The molecular weight excluding hydrogens is 462 g/mol. The van der Waals surface area contributed by atoms with Crippen molar-refractivity contribution in [1.29, 1.82) is 0 Å². The second-order valence-electron chi connectivity index (χ2n) is 11.5. The van der Waals surface area contributed by atoms with Crippen LogP contribution in [-0.4, -0.2) is 58.3 Å². The van der Waals surface area contributed by atoms with E-state index in [1.165, 1.54) is 0 Å². The van der Waals surface area contributed by atoms with Crippen molar-refractivity contribution in [3.63, 3.8) is 0 Å². The number of ketones is 2. The van der Waals surface area contributed by atoms with Crippen LogP contribution in [0.3, 0.4) is 0 Å². The van der Waals surface area contributed by atoms with Gasteiger partial charge >= 0.3 is 0 Å². The number of carbonyl (C=O) groups excluding carboxylic acids is 2. The Hall–Kier alpha value is -2.39. The fourth-order valence-corrected chi connectivity index (χ4v) is 8.58. The van der Waals surface area contributed by atoms with Gasteiger partial charge in [0.2, 0.25) is 0 Å². The summed E-state index contributed by atoms with van der Waals surface area (Å²) in [5, 5.41) is 21.8. The number of rotatable bonds is 4. The van der Waals surface area contributed by atoms with Crippen molar-refractivity contribution in [3.05, 3.63) is 47.8 Å². The maximum atomic E-state index is 13.6. The summed E-state index contributed by atoms with van der Waals surface area (Å²) in [4.78, 5) is 29.8. The van der Waals surface area contributed by atoms with Gasteiger partial charge in [-0.2, -0.15) is 0 Å². The van der Waals surface area contributed by atoms with Crippen molar-refractivity contribution in [2.45, 2.75) is 63.6 Å². The smallest absolute Gasteiger partial charge is 0.193 e. The van der Waals surface area contributed by atoms with Crippen molar-refractivity contribution in [1.82, 2.24) is 4.98 Å². The number of hydrogen-bond acceptors (Lipinski definition) is 8. The Labute approximate surface area is 210 Å². The summed E-state index contributed by atoms with van der Waals surface area (Å²) in [5.74, 6) is 0.218. The van der Waals surface area contributed by atoms with E-state index in [4.69, 9.17) is 14.2 Å². The lowest BCUT2D eigenvalue weighted by atomic mass is 9.46. The monoisotopic (exact) mass is 495 g/mol. The van der Waals surface area contributed by atoms with Gasteiger partial charge in [-0.1, -0.05) is 25.5 Å². The maximum Gasteiger partial charge on any atom is 0.193 e. The van der Waals surface area contributed by atoms with Crippen LogP contribution in [0, 0.1) is 28.6 Å². The van der Waals surface area contributed by atoms with Gasteiger partial charge in [-0.3, -0.25) is 14.6 Å². The Kier molecular flexibility index (Phi) is 5.36. The number of aliphatic hydroxyl groups is 2. The average Bonchev–Trinajstić information content (AvgIpc) is 3.36. The Bertz CT molecular complexity index is 1180. The van der Waals surface area contributed by atoms with E-state index in [-0.39, 0.29) is 23.5 Å². The van der Waals surface area contributed by atoms with Gasteiger partial charge in [0, 0.05) is 29.1 Å². The standard InChI is InChI=1S/C28H33NO7/c1-26-8-6-16(31)10-15(26)4-5-17-19-11-23-28(22(33)14-30,27(19,2)12-20(32)24(17)26)36-25(35-23)18-13-29-9-7-21(18)34-3/h6-10,13,17,19-20,23-25,30,32H,4-5,11-12,14H2,1-3H3/t17-,19-,20-,23+,24+,25?,26-,27-,28+/m0/s1. The molecule has 2 N–H and O–H groups in total. The van der Waals surface area contributed by atoms with Crippen LogP contribution in [0.1, 0.15) is 51.4 Å². The molecule has 1 saturated heterocycles. The molecule has 5 aliphatic rings. The van der Waals surface area contributed by atoms with E-state index in [1.54, 1.807) is 37.7 Å². The number of hydrogen-bond donors (Lipinski definition) is 2. The van der Waals surface area contributed by atoms with E-state index < -0.39 is 47.3 Å². The van der Waals surface area contributed by atoms with Gasteiger partial charge in [0.05, 0.1) is 24.9 Å². The molecule has 0 radical (unpaired) electrons. The molecule has 2 heterocycles. The summed E-state index contributed by atoms with van der Waals surface area (Å²) < 4.78 is 18.5. The summed E-state index contributed by atoms with van der Waals surface area (Å²) in [6, 6.07) is 1.71. The van der Waals surface area contributed by atoms with Crippen LogP contribution in [0.2, 0.25) is 0 Å². The molecule has 0 bridgehead atoms. The van der Waals surface area contributed by atoms with Crippen LogP contribution in [0.4, 0.5) is 0 Å². The molecule has 4 aliphatic carbocycles. The maximum absolute atomic E-state index is 13.6. The lowest BCUT2D eigenvalue weighted by Gasteiger charge is -2.59. The molecule has 0 amide bonds. The normalized spacial score (nSPS) is 44.8. The number of fused-ring (bicyclic) bond motifs is 7. The zero-order valence-electron chi connectivity index (χ0n) is 20.8. The zero-order chi connectivity index (χ0) is 25.5. The molecule has 1 aromatic rings. The first-order chi connectivity index (χ1) is 17.2. The second kappa shape index (κ2) is 8.05. The predicted molar refractivity (Wildman–Crippen MR) is 128 cm³/mol. The number of aromatic nitrogens is 1. The average molecular weight is 496 g/mol. The largest absolute Gasteiger partial charge is 0.496 e. The molecule has 0 aromatic carbocycles. The topological polar surface area (TPSA) is 115 Å². The van der Waals surface area contributed by atoms with E-state index in [0.717, 1.165) is 18.4 Å². The molecule has 1 unspecified atom stereocenters. The van der Waals surface area contributed by atoms with Gasteiger partial charge in [-0.15, -0.1) is 0 Å². The van der Waals surface area contributed by atoms with Crippen molar-refractivity contribution in [2.24, 2.45) is 28.6 Å². The number of allylic oxidation sites excluding steroid dienone is 4. The number of methoxy groups -OCH3 is 1. The summed E-state index contributed by atoms with van der Waals surface area (Å²) in [6.07, 6.45) is 8.92. The quantitative estimate of drug-likeness (QED) is 0.655. The highest BCUT2D eigenvalue weighted by molar-refractivity contribution is 6.01. The molecule has 0 spiro atoms. The highest BCUT2D eigenvalue weighted by Crippen LogP contribution is 2.70. The third kappa shape index (κ3) is 2.93. The van der Waals surface area contributed by atoms with Crippen LogP contribution in [0.5, 0.6) is 5.75 Å². The number of aliphatic hydroxyl groups excluding tert-OH is 2. The molecule has 3 saturated carbocycles. The fourth-order valence-electron chi connectivity index (χ4n) is 8.58. The number of nitrogens with zero attached hydrogens (tertiary/aromatic N) is 1. The number of Topliss-reactive ketones (excluding diaryl/α,β-unsaturated/α-hetero) is 1. The minimum Gasteiger partial charge on any atom is -0.496 e. The summed E-state index contributed by atoms with van der Waals surface area (Å²) in [5.41, 5.74) is -0.871. The van der Waals surface area contributed by atoms with E-state index in [9.17, 15) is 19.8 Å². The molecule has 4 fully saturated rings. The van der Waals surface area contributed by atoms with Crippen LogP contribution in [-0.2, 0) is 19.1 Å². The first-order valence-electron chi connectivity index (χ1n) is 12.8. The third-order valence-electron chi connectivity index (χ3n) is 10.1. The first-order valence-corrected chi connectivity index (χ1v) is 12.8. The third-order valence-corrected chi connectivity index (χ3v) is 10.1. The molecule has 6 rings (SSSR count). The van der Waals surface area contributed by atoms with Crippen LogP contribution in [0.15, 0.2) is 42.3 Å². The molecule has 36 heavy (non-hydrogen) atoms. The first kappa shape index (κ1) is 24.0. The van der Waals surface area contributed by atoms with Crippen LogP contribution < -0.4 is 4.74 Å². The van der Waals surface area contributed by atoms with Crippen LogP contribution >= 0.6 is 0 Å². The molecular formula is C28H33NO7. The predicted octanol–water partition coefficient (Wildman–Crippen LogP) is 2.69. The van der Waals surface area contributed by atoms with E-state index >= 15 is 0 Å². The van der Waals surface area contributed by atoms with E-state index in [2.05, 4.69) is 11.9 Å². The highest BCUT2D eigenvalue weighted by atomic mass is 16.7. The van der Waals surface area contributed by atoms with Gasteiger partial charge in [-0.05, 0) is 55.7 Å². The highest BCUT2D eigenvalue weighted by Gasteiger charge is 2.76. The van der Waals surface area contributed by atoms with Gasteiger partial charge in [0.1, 0.15) is 12.4 Å². The van der Waals surface area contributed by atoms with Crippen molar-refractivity contribution < 1.29 is 34.0 Å². The summed E-state index contributed by atoms with van der Waals surface area (Å²) in [7, 11) is 1.55. The van der Waals surface area contributed by atoms with Gasteiger partial charge in [0.25, 0.3) is 0 Å². The van der Waals surface area contributed by atoms with Gasteiger partial charge in [0.15, 0.2) is 23.5 Å². The lowest BCUT2D eigenvalue weighted by molar-refractivity contribution is -0.201. The molecule has 1 aromatic heterocycles. The Morgan fingerprint density at radius 3 is 2.89 bits per heavy atom. The van der Waals surface area contributed by atoms with E-state index in [0.29, 0.717) is 24.2 Å². The summed E-state index contributed by atoms with van der Waals surface area (Å²) in [6.45, 7) is 3.47. The van der Waals surface area contributed by atoms with E-state index in [1.807, 2.05) is 13.0 Å². The number of pyridine rings is 1. The molecule has 8 nitrogen and oxygen atoms in total. The molecule has 192 valence electrons. The van der Waals surface area contributed by atoms with Crippen LogP contribution in [0.25, 0.3) is 0 Å². The van der Waals surface area contributed by atoms with Crippen molar-refractivity contribution in [3.8, 4) is 5.75 Å². The lowest BCUT2D eigenvalue weighted by Crippen LogP contribution is -2.63. The molecule has 9 atom stereocenters. The Morgan fingerprint density at radius 2 is 2.14 bits per heavy atom. The SMILES string of the molecule is COc1ccncc1C1O[C@@H]2C[C@H]3[C@@H]4CCC5=CC(=O)C=C[C@]5(C)[C@H]4[C@@H](O)C[C@]3(C)[C@]2(C(=O)CO)O1. The van der Waals surface area contributed by atoms with Crippen molar-refractivity contribution in [2.75, 3.05) is 13.7 Å². The second-order valence-corrected chi connectivity index (χ2v) is 11.5. The summed E-state index contributed by atoms with van der Waals surface area (Å²) >= 11 is 0. The van der Waals surface area contributed by atoms with Gasteiger partial charge in [-0.25, -0.2) is 0 Å².